The van der Waals surface area contributed by atoms with Crippen molar-refractivity contribution in [3.8, 4) is 0 Å². The van der Waals surface area contributed by atoms with Gasteiger partial charge in [-0.15, -0.1) is 0 Å². The van der Waals surface area contributed by atoms with E-state index in [2.05, 4.69) is 10.0 Å². The smallest absolute Gasteiger partial charge is 0.261 e. The Balaban J connectivity index is 1.80. The number of nitrogens with two attached hydrogens (primary N) is 1. The van der Waals surface area contributed by atoms with Gasteiger partial charge in [0, 0.05) is 11.4 Å². The van der Waals surface area contributed by atoms with E-state index < -0.39 is 20.0 Å². The van der Waals surface area contributed by atoms with Crippen molar-refractivity contribution in [3.63, 3.8) is 0 Å². The molecular formula is C15H15N3O5S2. The normalized spacial score (nSPS) is 14.0. The standard InChI is InChI=1S/C15H15N3O5S2/c16-24(20,21)9-10-1-3-12(4-2-10)18-25(22,23)13-5-6-14-11(7-13)8-15(19)17-14/h1-7,18H,8-9H2,(H,17,19)(H2,16,20,21). The van der Waals surface area contributed by atoms with Crippen LogP contribution in [0.4, 0.5) is 11.4 Å². The number of carbonyl (C=O) groups is 1. The maximum Gasteiger partial charge on any atom is 0.261 e. The molecule has 2 aromatic rings. The highest BCUT2D eigenvalue weighted by atomic mass is 32.2. The maximum absolute atomic E-state index is 12.5. The Labute approximate surface area is 145 Å². The summed E-state index contributed by atoms with van der Waals surface area (Å²) >= 11 is 0. The van der Waals surface area contributed by atoms with E-state index in [0.29, 0.717) is 16.8 Å². The number of hydrogen-bond donors (Lipinski definition) is 3. The summed E-state index contributed by atoms with van der Waals surface area (Å²) in [7, 11) is -7.48. The van der Waals surface area contributed by atoms with Crippen LogP contribution in [0.5, 0.6) is 0 Å². The van der Waals surface area contributed by atoms with Crippen LogP contribution in [0.25, 0.3) is 0 Å². The molecule has 132 valence electrons. The molecule has 0 aromatic heterocycles. The molecule has 8 nitrogen and oxygen atoms in total. The second-order valence-corrected chi connectivity index (χ2v) is 8.95. The molecule has 0 unspecified atom stereocenters. The largest absolute Gasteiger partial charge is 0.326 e. The Bertz CT molecular complexity index is 1050. The number of fused-ring (bicyclic) bond motifs is 1. The number of anilines is 2. The zero-order chi connectivity index (χ0) is 18.2. The van der Waals surface area contributed by atoms with Gasteiger partial charge in [0.15, 0.2) is 0 Å². The van der Waals surface area contributed by atoms with Crippen LogP contribution in [0.2, 0.25) is 0 Å². The van der Waals surface area contributed by atoms with Crippen LogP contribution in [-0.2, 0) is 37.0 Å². The van der Waals surface area contributed by atoms with E-state index in [4.69, 9.17) is 5.14 Å². The van der Waals surface area contributed by atoms with E-state index in [-0.39, 0.29) is 28.7 Å². The van der Waals surface area contributed by atoms with Crippen LogP contribution in [0.3, 0.4) is 0 Å². The highest BCUT2D eigenvalue weighted by Gasteiger charge is 2.22. The minimum Gasteiger partial charge on any atom is -0.326 e. The van der Waals surface area contributed by atoms with Crippen molar-refractivity contribution in [1.82, 2.24) is 0 Å². The lowest BCUT2D eigenvalue weighted by molar-refractivity contribution is -0.115. The minimum atomic E-state index is -3.83. The predicted molar refractivity (Wildman–Crippen MR) is 92.8 cm³/mol. The average Bonchev–Trinajstić information content (AvgIpc) is 2.86. The minimum absolute atomic E-state index is 0.0383. The lowest BCUT2D eigenvalue weighted by Crippen LogP contribution is -2.15. The number of nitrogens with one attached hydrogen (secondary N) is 2. The monoisotopic (exact) mass is 381 g/mol. The summed E-state index contributed by atoms with van der Waals surface area (Å²) in [6.45, 7) is 0. The van der Waals surface area contributed by atoms with Gasteiger partial charge in [0.2, 0.25) is 15.9 Å². The van der Waals surface area contributed by atoms with Gasteiger partial charge >= 0.3 is 0 Å². The molecule has 0 radical (unpaired) electrons. The molecular weight excluding hydrogens is 366 g/mol. The highest BCUT2D eigenvalue weighted by Crippen LogP contribution is 2.26. The number of primary sulfonamides is 1. The summed E-state index contributed by atoms with van der Waals surface area (Å²) in [6.07, 6.45) is 0.140. The molecule has 0 saturated heterocycles. The molecule has 25 heavy (non-hydrogen) atoms. The second-order valence-electron chi connectivity index (χ2n) is 5.65. The van der Waals surface area contributed by atoms with Crippen molar-refractivity contribution in [2.45, 2.75) is 17.1 Å². The van der Waals surface area contributed by atoms with Crippen LogP contribution in [0.15, 0.2) is 47.4 Å². The second kappa shape index (κ2) is 6.14. The zero-order valence-corrected chi connectivity index (χ0v) is 14.5. The summed E-state index contributed by atoms with van der Waals surface area (Å²) in [6, 6.07) is 10.3. The summed E-state index contributed by atoms with van der Waals surface area (Å²) in [4.78, 5) is 11.4. The van der Waals surface area contributed by atoms with Crippen LogP contribution in [0, 0.1) is 0 Å². The molecule has 3 rings (SSSR count). The van der Waals surface area contributed by atoms with Gasteiger partial charge in [0.1, 0.15) is 0 Å². The number of hydrogen-bond acceptors (Lipinski definition) is 5. The fourth-order valence-electron chi connectivity index (χ4n) is 2.49. The third-order valence-electron chi connectivity index (χ3n) is 3.59. The lowest BCUT2D eigenvalue weighted by Gasteiger charge is -2.10. The van der Waals surface area contributed by atoms with Crippen LogP contribution in [-0.4, -0.2) is 22.7 Å². The number of benzene rings is 2. The van der Waals surface area contributed by atoms with Gasteiger partial charge in [-0.2, -0.15) is 0 Å². The molecule has 1 aliphatic rings. The Hall–Kier alpha value is -2.43. The third kappa shape index (κ3) is 4.16. The van der Waals surface area contributed by atoms with Crippen LogP contribution in [0.1, 0.15) is 11.1 Å². The van der Waals surface area contributed by atoms with Gasteiger partial charge in [-0.05, 0) is 41.5 Å². The van der Waals surface area contributed by atoms with E-state index in [1.165, 1.54) is 36.4 Å². The van der Waals surface area contributed by atoms with Gasteiger partial charge in [-0.3, -0.25) is 9.52 Å². The number of sulfonamides is 2. The van der Waals surface area contributed by atoms with Gasteiger partial charge in [0.05, 0.1) is 17.1 Å². The highest BCUT2D eigenvalue weighted by molar-refractivity contribution is 7.92. The molecule has 0 saturated carbocycles. The van der Waals surface area contributed by atoms with E-state index in [0.717, 1.165) is 0 Å². The lowest BCUT2D eigenvalue weighted by atomic mass is 10.2. The molecule has 0 atom stereocenters. The number of amides is 1. The fourth-order valence-corrected chi connectivity index (χ4v) is 4.25. The van der Waals surface area contributed by atoms with Gasteiger partial charge < -0.3 is 5.32 Å². The molecule has 1 aliphatic heterocycles. The molecule has 2 aromatic carbocycles. The van der Waals surface area contributed by atoms with Gasteiger partial charge in [-0.1, -0.05) is 12.1 Å². The molecule has 1 heterocycles. The quantitative estimate of drug-likeness (QED) is 0.703. The Kier molecular flexibility index (Phi) is 4.27. The molecule has 4 N–H and O–H groups in total. The molecule has 10 heteroatoms. The average molecular weight is 381 g/mol. The van der Waals surface area contributed by atoms with Crippen molar-refractivity contribution in [1.29, 1.82) is 0 Å². The van der Waals surface area contributed by atoms with Crippen molar-refractivity contribution in [3.05, 3.63) is 53.6 Å². The van der Waals surface area contributed by atoms with Crippen LogP contribution >= 0.6 is 0 Å². The topological polar surface area (TPSA) is 135 Å². The molecule has 0 aliphatic carbocycles. The van der Waals surface area contributed by atoms with Crippen LogP contribution < -0.4 is 15.2 Å². The first-order valence-electron chi connectivity index (χ1n) is 7.17. The van der Waals surface area contributed by atoms with Crippen molar-refractivity contribution >= 4 is 37.3 Å². The predicted octanol–water partition coefficient (Wildman–Crippen LogP) is 0.770. The Morgan fingerprint density at radius 2 is 1.72 bits per heavy atom. The first kappa shape index (κ1) is 17.4. The summed E-state index contributed by atoms with van der Waals surface area (Å²) in [5.41, 5.74) is 1.97. The molecule has 0 spiro atoms. The first-order valence-corrected chi connectivity index (χ1v) is 10.4. The first-order chi connectivity index (χ1) is 11.6. The summed E-state index contributed by atoms with van der Waals surface area (Å²) in [5, 5.41) is 7.61. The van der Waals surface area contributed by atoms with E-state index in [1.54, 1.807) is 6.07 Å². The Morgan fingerprint density at radius 1 is 1.04 bits per heavy atom. The van der Waals surface area contributed by atoms with E-state index in [9.17, 15) is 21.6 Å². The summed E-state index contributed by atoms with van der Waals surface area (Å²) < 4.78 is 49.4. The van der Waals surface area contributed by atoms with Crippen molar-refractivity contribution in [2.75, 3.05) is 10.0 Å². The van der Waals surface area contributed by atoms with Crippen molar-refractivity contribution < 1.29 is 21.6 Å². The molecule has 1 amide bonds. The number of carbonyl (C=O) groups excluding carboxylic acids is 1. The van der Waals surface area contributed by atoms with Crippen molar-refractivity contribution in [2.24, 2.45) is 5.14 Å². The molecule has 0 fully saturated rings. The Morgan fingerprint density at radius 3 is 2.36 bits per heavy atom. The SMILES string of the molecule is NS(=O)(=O)Cc1ccc(NS(=O)(=O)c2ccc3c(c2)CC(=O)N3)cc1. The van der Waals surface area contributed by atoms with E-state index in [1.807, 2.05) is 0 Å². The zero-order valence-electron chi connectivity index (χ0n) is 12.9. The van der Waals surface area contributed by atoms with Gasteiger partial charge in [-0.25, -0.2) is 22.0 Å². The number of rotatable bonds is 5. The van der Waals surface area contributed by atoms with E-state index >= 15 is 0 Å². The molecule has 0 bridgehead atoms. The fraction of sp³-hybridized carbons (Fsp3) is 0.133. The maximum atomic E-state index is 12.5. The summed E-state index contributed by atoms with van der Waals surface area (Å²) in [5.74, 6) is -0.505. The van der Waals surface area contributed by atoms with Gasteiger partial charge in [0.25, 0.3) is 10.0 Å². The third-order valence-corrected chi connectivity index (χ3v) is 5.70.